The molecule has 8 heteroatoms. The summed E-state index contributed by atoms with van der Waals surface area (Å²) < 4.78 is 46.7. The van der Waals surface area contributed by atoms with E-state index in [-0.39, 0.29) is 11.5 Å². The fourth-order valence-electron chi connectivity index (χ4n) is 3.39. The van der Waals surface area contributed by atoms with Gasteiger partial charge in [0.05, 0.1) is 17.6 Å². The SMILES string of the molecule is FC(F)(F)c1nnc2c(OCC3CCCCC3)nc3ccccc3n12. The van der Waals surface area contributed by atoms with Crippen LogP contribution in [0.3, 0.4) is 0 Å². The van der Waals surface area contributed by atoms with Crippen LogP contribution in [-0.2, 0) is 6.18 Å². The quantitative estimate of drug-likeness (QED) is 0.708. The number of halogens is 3. The van der Waals surface area contributed by atoms with Crippen LogP contribution in [0.1, 0.15) is 37.9 Å². The van der Waals surface area contributed by atoms with Crippen molar-refractivity contribution in [3.8, 4) is 5.88 Å². The first-order chi connectivity index (χ1) is 12.0. The predicted octanol–water partition coefficient (Wildman–Crippen LogP) is 4.26. The van der Waals surface area contributed by atoms with Gasteiger partial charge in [0, 0.05) is 0 Å². The Morgan fingerprint density at radius 3 is 2.60 bits per heavy atom. The van der Waals surface area contributed by atoms with Gasteiger partial charge in [-0.15, -0.1) is 10.2 Å². The first kappa shape index (κ1) is 16.1. The van der Waals surface area contributed by atoms with E-state index in [1.54, 1.807) is 24.3 Å². The first-order valence-electron chi connectivity index (χ1n) is 8.38. The van der Waals surface area contributed by atoms with Gasteiger partial charge in [-0.05, 0) is 30.9 Å². The molecule has 1 fully saturated rings. The largest absolute Gasteiger partial charge is 0.475 e. The Morgan fingerprint density at radius 2 is 1.84 bits per heavy atom. The molecule has 1 saturated carbocycles. The molecule has 2 heterocycles. The summed E-state index contributed by atoms with van der Waals surface area (Å²) in [6, 6.07) is 6.61. The second-order valence-corrected chi connectivity index (χ2v) is 6.40. The summed E-state index contributed by atoms with van der Waals surface area (Å²) in [6.07, 6.45) is 1.10. The fraction of sp³-hybridized carbons (Fsp3) is 0.471. The highest BCUT2D eigenvalue weighted by molar-refractivity contribution is 5.79. The molecule has 0 N–H and O–H groups in total. The zero-order valence-electron chi connectivity index (χ0n) is 13.5. The van der Waals surface area contributed by atoms with Crippen LogP contribution in [-0.4, -0.2) is 26.2 Å². The van der Waals surface area contributed by atoms with Gasteiger partial charge in [0.1, 0.15) is 0 Å². The van der Waals surface area contributed by atoms with E-state index in [4.69, 9.17) is 4.74 Å². The first-order valence-corrected chi connectivity index (χ1v) is 8.38. The Balaban J connectivity index is 1.79. The lowest BCUT2D eigenvalue weighted by Gasteiger charge is -2.21. The van der Waals surface area contributed by atoms with Crippen LogP contribution >= 0.6 is 0 Å². The van der Waals surface area contributed by atoms with Crippen molar-refractivity contribution in [3.63, 3.8) is 0 Å². The standard InChI is InChI=1S/C17H17F3N4O/c18-17(19,20)16-23-22-14-15(25-10-11-6-2-1-3-7-11)21-12-8-4-5-9-13(12)24(14)16/h4-5,8-9,11H,1-3,6-7,10H2. The van der Waals surface area contributed by atoms with Crippen molar-refractivity contribution in [3.05, 3.63) is 30.1 Å². The molecule has 1 aliphatic carbocycles. The number of rotatable bonds is 3. The summed E-state index contributed by atoms with van der Waals surface area (Å²) in [7, 11) is 0. The number of aromatic nitrogens is 4. The maximum absolute atomic E-state index is 13.3. The summed E-state index contributed by atoms with van der Waals surface area (Å²) in [4.78, 5) is 4.37. The van der Waals surface area contributed by atoms with E-state index in [2.05, 4.69) is 15.2 Å². The molecule has 4 rings (SSSR count). The van der Waals surface area contributed by atoms with Crippen molar-refractivity contribution in [2.75, 3.05) is 6.61 Å². The molecular weight excluding hydrogens is 333 g/mol. The summed E-state index contributed by atoms with van der Waals surface area (Å²) in [5.41, 5.74) is 0.723. The molecule has 132 valence electrons. The van der Waals surface area contributed by atoms with E-state index < -0.39 is 12.0 Å². The van der Waals surface area contributed by atoms with E-state index in [1.807, 2.05) is 0 Å². The van der Waals surface area contributed by atoms with Gasteiger partial charge >= 0.3 is 6.18 Å². The highest BCUT2D eigenvalue weighted by Gasteiger charge is 2.38. The monoisotopic (exact) mass is 350 g/mol. The minimum Gasteiger partial charge on any atom is -0.475 e. The van der Waals surface area contributed by atoms with E-state index in [1.165, 1.54) is 6.42 Å². The zero-order valence-corrected chi connectivity index (χ0v) is 13.5. The van der Waals surface area contributed by atoms with Gasteiger partial charge in [-0.25, -0.2) is 4.98 Å². The maximum atomic E-state index is 13.3. The van der Waals surface area contributed by atoms with E-state index in [9.17, 15) is 13.2 Å². The molecule has 0 saturated heterocycles. The lowest BCUT2D eigenvalue weighted by molar-refractivity contribution is -0.145. The van der Waals surface area contributed by atoms with Crippen LogP contribution in [0.4, 0.5) is 13.2 Å². The van der Waals surface area contributed by atoms with Gasteiger partial charge in [0.2, 0.25) is 11.5 Å². The minimum atomic E-state index is -4.61. The predicted molar refractivity (Wildman–Crippen MR) is 85.4 cm³/mol. The molecule has 1 aromatic carbocycles. The van der Waals surface area contributed by atoms with Crippen LogP contribution in [0.25, 0.3) is 16.7 Å². The number of hydrogen-bond acceptors (Lipinski definition) is 4. The second-order valence-electron chi connectivity index (χ2n) is 6.40. The van der Waals surface area contributed by atoms with Gasteiger partial charge in [-0.2, -0.15) is 13.2 Å². The van der Waals surface area contributed by atoms with Crippen molar-refractivity contribution < 1.29 is 17.9 Å². The number of benzene rings is 1. The number of fused-ring (bicyclic) bond motifs is 3. The lowest BCUT2D eigenvalue weighted by Crippen LogP contribution is -2.16. The normalized spacial score (nSPS) is 16.6. The molecule has 0 bridgehead atoms. The average molecular weight is 350 g/mol. The van der Waals surface area contributed by atoms with E-state index >= 15 is 0 Å². The van der Waals surface area contributed by atoms with Gasteiger partial charge in [0.25, 0.3) is 5.88 Å². The summed E-state index contributed by atoms with van der Waals surface area (Å²) in [5, 5.41) is 7.04. The number of alkyl halides is 3. The van der Waals surface area contributed by atoms with Crippen molar-refractivity contribution in [2.45, 2.75) is 38.3 Å². The molecule has 0 aliphatic heterocycles. The van der Waals surface area contributed by atoms with Crippen LogP contribution in [0.15, 0.2) is 24.3 Å². The van der Waals surface area contributed by atoms with E-state index in [0.717, 1.165) is 30.1 Å². The second kappa shape index (κ2) is 6.16. The Morgan fingerprint density at radius 1 is 1.08 bits per heavy atom. The van der Waals surface area contributed by atoms with Gasteiger partial charge in [-0.3, -0.25) is 4.40 Å². The van der Waals surface area contributed by atoms with Crippen LogP contribution < -0.4 is 4.74 Å². The minimum absolute atomic E-state index is 0.00170. The van der Waals surface area contributed by atoms with Crippen LogP contribution in [0.5, 0.6) is 5.88 Å². The van der Waals surface area contributed by atoms with E-state index in [0.29, 0.717) is 23.6 Å². The fourth-order valence-corrected chi connectivity index (χ4v) is 3.39. The van der Waals surface area contributed by atoms with Crippen LogP contribution in [0, 0.1) is 5.92 Å². The summed E-state index contributed by atoms with van der Waals surface area (Å²) >= 11 is 0. The smallest absolute Gasteiger partial charge is 0.452 e. The number of ether oxygens (including phenoxy) is 1. The Hall–Kier alpha value is -2.38. The highest BCUT2D eigenvalue weighted by atomic mass is 19.4. The molecule has 25 heavy (non-hydrogen) atoms. The molecule has 1 aliphatic rings. The van der Waals surface area contributed by atoms with Crippen molar-refractivity contribution >= 4 is 16.7 Å². The third-order valence-electron chi connectivity index (χ3n) is 4.63. The molecule has 5 nitrogen and oxygen atoms in total. The average Bonchev–Trinajstić information content (AvgIpc) is 3.06. The van der Waals surface area contributed by atoms with Crippen LogP contribution in [0.2, 0.25) is 0 Å². The number of hydrogen-bond donors (Lipinski definition) is 0. The third-order valence-corrected chi connectivity index (χ3v) is 4.63. The zero-order chi connectivity index (χ0) is 17.4. The lowest BCUT2D eigenvalue weighted by atomic mass is 9.90. The Kier molecular flexibility index (Phi) is 3.97. The Labute approximate surface area is 141 Å². The molecule has 0 radical (unpaired) electrons. The molecule has 0 spiro atoms. The number of nitrogens with zero attached hydrogens (tertiary/aromatic N) is 4. The molecular formula is C17H17F3N4O. The Bertz CT molecular complexity index is 900. The summed E-state index contributed by atoms with van der Waals surface area (Å²) in [5.74, 6) is -0.553. The third kappa shape index (κ3) is 3.01. The van der Waals surface area contributed by atoms with Crippen molar-refractivity contribution in [1.82, 2.24) is 19.6 Å². The van der Waals surface area contributed by atoms with Gasteiger partial charge in [-0.1, -0.05) is 31.4 Å². The molecule has 2 aromatic heterocycles. The summed E-state index contributed by atoms with van der Waals surface area (Å²) in [6.45, 7) is 0.440. The topological polar surface area (TPSA) is 52.3 Å². The maximum Gasteiger partial charge on any atom is 0.452 e. The molecule has 0 unspecified atom stereocenters. The van der Waals surface area contributed by atoms with Crippen molar-refractivity contribution in [2.24, 2.45) is 5.92 Å². The van der Waals surface area contributed by atoms with Crippen molar-refractivity contribution in [1.29, 1.82) is 0 Å². The molecule has 0 atom stereocenters. The van der Waals surface area contributed by atoms with Gasteiger partial charge < -0.3 is 4.74 Å². The number of para-hydroxylation sites is 2. The highest BCUT2D eigenvalue weighted by Crippen LogP contribution is 2.33. The molecule has 0 amide bonds. The van der Waals surface area contributed by atoms with Gasteiger partial charge in [0.15, 0.2) is 0 Å². The molecule has 3 aromatic rings.